The number of rotatable bonds is 4. The maximum Gasteiger partial charge on any atom is 0.298 e. The first kappa shape index (κ1) is 15.0. The fraction of sp³-hybridized carbons (Fsp3) is 0.571. The molecular weight excluding hydrogens is 294 g/mol. The van der Waals surface area contributed by atoms with Crippen LogP contribution in [0.5, 0.6) is 0 Å². The van der Waals surface area contributed by atoms with E-state index >= 15 is 0 Å². The van der Waals surface area contributed by atoms with Crippen LogP contribution in [0.4, 0.5) is 25.8 Å². The number of nitro groups is 1. The van der Waals surface area contributed by atoms with Gasteiger partial charge in [-0.2, -0.15) is 0 Å². The summed E-state index contributed by atoms with van der Waals surface area (Å²) in [6, 6.07) is 0.862. The molecule has 2 fully saturated rings. The molecule has 1 aliphatic carbocycles. The van der Waals surface area contributed by atoms with Crippen LogP contribution in [0.25, 0.3) is 0 Å². The van der Waals surface area contributed by atoms with Gasteiger partial charge in [-0.1, -0.05) is 0 Å². The lowest BCUT2D eigenvalue weighted by Crippen LogP contribution is -2.45. The highest BCUT2D eigenvalue weighted by atomic mass is 19.1. The van der Waals surface area contributed by atoms with Crippen LogP contribution in [0.15, 0.2) is 6.07 Å². The smallest absolute Gasteiger partial charge is 0.298 e. The minimum atomic E-state index is -0.880. The summed E-state index contributed by atoms with van der Waals surface area (Å²) >= 11 is 0. The number of hydrogen-bond donors (Lipinski definition) is 1. The van der Waals surface area contributed by atoms with Gasteiger partial charge >= 0.3 is 0 Å². The van der Waals surface area contributed by atoms with Crippen molar-refractivity contribution in [2.75, 3.05) is 43.4 Å². The van der Waals surface area contributed by atoms with Gasteiger partial charge in [0, 0.05) is 32.2 Å². The van der Waals surface area contributed by atoms with Gasteiger partial charge < -0.3 is 15.1 Å². The first-order valence-electron chi connectivity index (χ1n) is 7.33. The van der Waals surface area contributed by atoms with Crippen LogP contribution < -0.4 is 10.2 Å². The molecule has 1 aromatic carbocycles. The van der Waals surface area contributed by atoms with E-state index in [4.69, 9.17) is 0 Å². The highest BCUT2D eigenvalue weighted by Gasteiger charge is 2.32. The Bertz CT molecular complexity index is 599. The van der Waals surface area contributed by atoms with Crippen LogP contribution in [0.3, 0.4) is 0 Å². The lowest BCUT2D eigenvalue weighted by Gasteiger charge is -2.34. The Hall–Kier alpha value is -1.96. The fourth-order valence-electron chi connectivity index (χ4n) is 2.63. The number of hydrogen-bond acceptors (Lipinski definition) is 5. The number of nitrogens with zero attached hydrogens (tertiary/aromatic N) is 3. The zero-order valence-electron chi connectivity index (χ0n) is 12.3. The number of nitro benzene ring substituents is 1. The Labute approximate surface area is 126 Å². The molecule has 0 unspecified atom stereocenters. The summed E-state index contributed by atoms with van der Waals surface area (Å²) in [5.74, 6) is -1.74. The van der Waals surface area contributed by atoms with Gasteiger partial charge in [-0.05, 0) is 19.9 Å². The van der Waals surface area contributed by atoms with Crippen LogP contribution in [0.2, 0.25) is 0 Å². The molecule has 0 radical (unpaired) electrons. The number of nitrogens with one attached hydrogen (secondary N) is 1. The van der Waals surface area contributed by atoms with Crippen molar-refractivity contribution in [2.24, 2.45) is 0 Å². The van der Waals surface area contributed by atoms with Gasteiger partial charge in [-0.25, -0.2) is 8.78 Å². The van der Waals surface area contributed by atoms with Crippen molar-refractivity contribution in [2.45, 2.75) is 18.9 Å². The van der Waals surface area contributed by atoms with Crippen LogP contribution >= 0.6 is 0 Å². The molecule has 1 aliphatic heterocycles. The van der Waals surface area contributed by atoms with Gasteiger partial charge in [0.25, 0.3) is 5.69 Å². The predicted octanol–water partition coefficient (Wildman–Crippen LogP) is 2.20. The average Bonchev–Trinajstić information content (AvgIpc) is 3.27. The molecule has 6 nitrogen and oxygen atoms in total. The van der Waals surface area contributed by atoms with Gasteiger partial charge in [0.15, 0.2) is 17.3 Å². The predicted molar refractivity (Wildman–Crippen MR) is 79.4 cm³/mol. The van der Waals surface area contributed by atoms with E-state index in [2.05, 4.69) is 10.2 Å². The second-order valence-corrected chi connectivity index (χ2v) is 5.88. The molecule has 120 valence electrons. The van der Waals surface area contributed by atoms with E-state index in [1.54, 1.807) is 4.90 Å². The van der Waals surface area contributed by atoms with Crippen LogP contribution in [0.1, 0.15) is 12.8 Å². The van der Waals surface area contributed by atoms with Crippen molar-refractivity contribution in [1.29, 1.82) is 0 Å². The number of halogens is 2. The first-order valence-corrected chi connectivity index (χ1v) is 7.33. The van der Waals surface area contributed by atoms with Crippen LogP contribution in [-0.4, -0.2) is 49.1 Å². The molecule has 0 aromatic heterocycles. The Morgan fingerprint density at radius 2 is 1.91 bits per heavy atom. The summed E-state index contributed by atoms with van der Waals surface area (Å²) in [7, 11) is 1.94. The normalized spacial score (nSPS) is 19.3. The van der Waals surface area contributed by atoms with E-state index in [9.17, 15) is 18.9 Å². The highest BCUT2D eigenvalue weighted by molar-refractivity contribution is 5.72. The molecule has 3 rings (SSSR count). The molecule has 22 heavy (non-hydrogen) atoms. The summed E-state index contributed by atoms with van der Waals surface area (Å²) in [5, 5.41) is 13.9. The maximum absolute atomic E-state index is 14.8. The fourth-order valence-corrected chi connectivity index (χ4v) is 2.63. The standard InChI is InChI=1S/C14H18F2N4O2/c1-18-4-6-19(7-5-18)14-10(15)8-11(20(21)22)13(12(14)16)17-9-2-3-9/h8-9,17H,2-7H2,1H3. The summed E-state index contributed by atoms with van der Waals surface area (Å²) in [6.45, 7) is 2.37. The molecule has 1 aromatic rings. The van der Waals surface area contributed by atoms with E-state index in [-0.39, 0.29) is 17.4 Å². The van der Waals surface area contributed by atoms with Crippen LogP contribution in [0, 0.1) is 21.7 Å². The van der Waals surface area contributed by atoms with E-state index < -0.39 is 22.2 Å². The Morgan fingerprint density at radius 1 is 1.27 bits per heavy atom. The average molecular weight is 312 g/mol. The molecule has 0 bridgehead atoms. The summed E-state index contributed by atoms with van der Waals surface area (Å²) in [6.07, 6.45) is 1.69. The molecule has 2 aliphatic rings. The molecule has 0 atom stereocenters. The van der Waals surface area contributed by atoms with Gasteiger partial charge in [0.1, 0.15) is 5.69 Å². The van der Waals surface area contributed by atoms with E-state index in [0.29, 0.717) is 26.2 Å². The molecular formula is C14H18F2N4O2. The maximum atomic E-state index is 14.8. The molecule has 1 heterocycles. The van der Waals surface area contributed by atoms with E-state index in [0.717, 1.165) is 18.9 Å². The molecule has 1 N–H and O–H groups in total. The van der Waals surface area contributed by atoms with Crippen molar-refractivity contribution < 1.29 is 13.7 Å². The first-order chi connectivity index (χ1) is 10.5. The van der Waals surface area contributed by atoms with Gasteiger partial charge in [-0.3, -0.25) is 10.1 Å². The molecule has 1 saturated heterocycles. The van der Waals surface area contributed by atoms with Crippen molar-refractivity contribution >= 4 is 17.1 Å². The molecule has 8 heteroatoms. The summed E-state index contributed by atoms with van der Waals surface area (Å²) in [4.78, 5) is 14.0. The minimum absolute atomic E-state index is 0.0407. The topological polar surface area (TPSA) is 61.7 Å². The minimum Gasteiger partial charge on any atom is -0.374 e. The number of piperazine rings is 1. The van der Waals surface area contributed by atoms with Crippen molar-refractivity contribution in [1.82, 2.24) is 4.90 Å². The Balaban J connectivity index is 2.00. The van der Waals surface area contributed by atoms with Crippen molar-refractivity contribution in [3.8, 4) is 0 Å². The van der Waals surface area contributed by atoms with E-state index in [1.165, 1.54) is 0 Å². The third-order valence-electron chi connectivity index (χ3n) is 4.12. The molecule has 1 saturated carbocycles. The number of anilines is 2. The zero-order valence-corrected chi connectivity index (χ0v) is 12.3. The Morgan fingerprint density at radius 3 is 2.45 bits per heavy atom. The monoisotopic (exact) mass is 312 g/mol. The number of benzene rings is 1. The van der Waals surface area contributed by atoms with Gasteiger partial charge in [0.2, 0.25) is 0 Å². The number of likely N-dealkylation sites (N-methyl/N-ethyl adjacent to an activating group) is 1. The summed E-state index contributed by atoms with van der Waals surface area (Å²) in [5.41, 5.74) is -0.899. The largest absolute Gasteiger partial charge is 0.374 e. The van der Waals surface area contributed by atoms with Gasteiger partial charge in [0.05, 0.1) is 11.0 Å². The lowest BCUT2D eigenvalue weighted by molar-refractivity contribution is -0.384. The second kappa shape index (κ2) is 5.68. The zero-order chi connectivity index (χ0) is 15.9. The SMILES string of the molecule is CN1CCN(c2c(F)cc([N+](=O)[O-])c(NC3CC3)c2F)CC1. The molecule has 0 spiro atoms. The van der Waals surface area contributed by atoms with Crippen LogP contribution in [-0.2, 0) is 0 Å². The third kappa shape index (κ3) is 2.83. The third-order valence-corrected chi connectivity index (χ3v) is 4.12. The van der Waals surface area contributed by atoms with Crippen molar-refractivity contribution in [3.05, 3.63) is 27.8 Å². The van der Waals surface area contributed by atoms with Crippen molar-refractivity contribution in [3.63, 3.8) is 0 Å². The van der Waals surface area contributed by atoms with E-state index in [1.807, 2.05) is 7.05 Å². The van der Waals surface area contributed by atoms with Gasteiger partial charge in [-0.15, -0.1) is 0 Å². The quantitative estimate of drug-likeness (QED) is 0.682. The summed E-state index contributed by atoms with van der Waals surface area (Å²) < 4.78 is 29.0. The highest BCUT2D eigenvalue weighted by Crippen LogP contribution is 2.39. The lowest BCUT2D eigenvalue weighted by atomic mass is 10.1. The second-order valence-electron chi connectivity index (χ2n) is 5.88. The Kier molecular flexibility index (Phi) is 3.86. The molecule has 0 amide bonds.